The summed E-state index contributed by atoms with van der Waals surface area (Å²) in [6.45, 7) is 1.10. The van der Waals surface area contributed by atoms with Crippen molar-refractivity contribution in [3.8, 4) is 5.75 Å². The van der Waals surface area contributed by atoms with Crippen LogP contribution in [0.25, 0.3) is 0 Å². The van der Waals surface area contributed by atoms with Crippen molar-refractivity contribution in [3.05, 3.63) is 60.2 Å². The number of piperidine rings is 1. The molecule has 1 saturated heterocycles. The quantitative estimate of drug-likeness (QED) is 0.698. The second-order valence-corrected chi connectivity index (χ2v) is 7.36. The van der Waals surface area contributed by atoms with E-state index in [-0.39, 0.29) is 42.1 Å². The second kappa shape index (κ2) is 10.3. The summed E-state index contributed by atoms with van der Waals surface area (Å²) >= 11 is 0. The Balaban J connectivity index is 1.49. The van der Waals surface area contributed by atoms with Gasteiger partial charge >= 0.3 is 6.36 Å². The van der Waals surface area contributed by atoms with Crippen LogP contribution in [0.1, 0.15) is 18.4 Å². The summed E-state index contributed by atoms with van der Waals surface area (Å²) in [6.07, 6.45) is -3.29. The van der Waals surface area contributed by atoms with Crippen molar-refractivity contribution in [2.75, 3.05) is 25.0 Å². The monoisotopic (exact) mass is 435 g/mol. The zero-order valence-corrected chi connectivity index (χ0v) is 16.8. The normalized spacial score (nSPS) is 17.1. The summed E-state index contributed by atoms with van der Waals surface area (Å²) in [6, 6.07) is 14.8. The summed E-state index contributed by atoms with van der Waals surface area (Å²) in [4.78, 5) is 26.7. The molecule has 1 fully saturated rings. The molecule has 0 aromatic heterocycles. The molecule has 0 radical (unpaired) electrons. The number of hydrogen-bond donors (Lipinski definition) is 2. The summed E-state index contributed by atoms with van der Waals surface area (Å²) in [7, 11) is 0. The molecule has 6 nitrogen and oxygen atoms in total. The van der Waals surface area contributed by atoms with E-state index in [1.165, 1.54) is 18.2 Å². The first kappa shape index (κ1) is 22.6. The highest BCUT2D eigenvalue weighted by atomic mass is 19.4. The Hall–Kier alpha value is -3.07. The van der Waals surface area contributed by atoms with E-state index in [2.05, 4.69) is 15.4 Å². The van der Waals surface area contributed by atoms with Crippen LogP contribution < -0.4 is 15.4 Å². The van der Waals surface area contributed by atoms with E-state index >= 15 is 0 Å². The topological polar surface area (TPSA) is 70.7 Å². The number of carbonyl (C=O) groups is 2. The van der Waals surface area contributed by atoms with Gasteiger partial charge in [-0.15, -0.1) is 13.2 Å². The summed E-state index contributed by atoms with van der Waals surface area (Å²) in [5, 5.41) is 5.51. The molecule has 2 amide bonds. The van der Waals surface area contributed by atoms with Gasteiger partial charge in [0, 0.05) is 24.3 Å². The number of halogens is 3. The van der Waals surface area contributed by atoms with E-state index in [0.717, 1.165) is 18.5 Å². The van der Waals surface area contributed by atoms with E-state index in [1.807, 2.05) is 35.2 Å². The van der Waals surface area contributed by atoms with Gasteiger partial charge in [-0.3, -0.25) is 14.5 Å². The zero-order valence-electron chi connectivity index (χ0n) is 16.8. The Kier molecular flexibility index (Phi) is 7.51. The Bertz CT molecular complexity index is 890. The van der Waals surface area contributed by atoms with Gasteiger partial charge in [-0.1, -0.05) is 36.4 Å². The maximum absolute atomic E-state index is 12.5. The van der Waals surface area contributed by atoms with Crippen LogP contribution in [0.3, 0.4) is 0 Å². The third kappa shape index (κ3) is 7.29. The molecule has 9 heteroatoms. The first-order valence-corrected chi connectivity index (χ1v) is 9.99. The molecule has 1 atom stereocenters. The fraction of sp³-hybridized carbons (Fsp3) is 0.364. The summed E-state index contributed by atoms with van der Waals surface area (Å²) in [5.41, 5.74) is 0.953. The largest absolute Gasteiger partial charge is 0.573 e. The molecule has 166 valence electrons. The van der Waals surface area contributed by atoms with Crippen LogP contribution >= 0.6 is 0 Å². The van der Waals surface area contributed by atoms with Crippen molar-refractivity contribution in [3.63, 3.8) is 0 Å². The van der Waals surface area contributed by atoms with Gasteiger partial charge in [0.2, 0.25) is 11.8 Å². The summed E-state index contributed by atoms with van der Waals surface area (Å²) in [5.74, 6) is -0.992. The molecule has 0 saturated carbocycles. The Labute approximate surface area is 178 Å². The number of amides is 2. The van der Waals surface area contributed by atoms with Gasteiger partial charge < -0.3 is 15.4 Å². The lowest BCUT2D eigenvalue weighted by Crippen LogP contribution is -2.45. The Morgan fingerprint density at radius 3 is 2.52 bits per heavy atom. The van der Waals surface area contributed by atoms with Crippen molar-refractivity contribution in [2.45, 2.75) is 25.7 Å². The smallest absolute Gasteiger partial charge is 0.405 e. The molecule has 0 spiro atoms. The van der Waals surface area contributed by atoms with Crippen LogP contribution in [0.2, 0.25) is 0 Å². The van der Waals surface area contributed by atoms with Crippen LogP contribution in [-0.2, 0) is 16.1 Å². The average molecular weight is 435 g/mol. The van der Waals surface area contributed by atoms with Gasteiger partial charge in [0.05, 0.1) is 12.5 Å². The number of benzene rings is 2. The minimum Gasteiger partial charge on any atom is -0.405 e. The number of hydrogen-bond acceptors (Lipinski definition) is 4. The number of nitrogens with zero attached hydrogens (tertiary/aromatic N) is 1. The van der Waals surface area contributed by atoms with E-state index in [1.54, 1.807) is 6.07 Å². The first-order valence-electron chi connectivity index (χ1n) is 9.99. The SMILES string of the molecule is O=C(CN1CCC[C@@H](C(=O)Nc2ccccc2)C1)NCc1ccccc1OC(F)(F)F. The molecule has 31 heavy (non-hydrogen) atoms. The highest BCUT2D eigenvalue weighted by Gasteiger charge is 2.32. The first-order chi connectivity index (χ1) is 14.8. The van der Waals surface area contributed by atoms with Crippen molar-refractivity contribution in [2.24, 2.45) is 5.92 Å². The van der Waals surface area contributed by atoms with Gasteiger partial charge in [-0.05, 0) is 37.6 Å². The van der Waals surface area contributed by atoms with Crippen LogP contribution in [0, 0.1) is 5.92 Å². The minimum atomic E-state index is -4.80. The predicted molar refractivity (Wildman–Crippen MR) is 109 cm³/mol. The van der Waals surface area contributed by atoms with Gasteiger partial charge in [0.15, 0.2) is 0 Å². The van der Waals surface area contributed by atoms with Gasteiger partial charge in [-0.25, -0.2) is 0 Å². The lowest BCUT2D eigenvalue weighted by Gasteiger charge is -2.31. The molecule has 0 aliphatic carbocycles. The molecular formula is C22H24F3N3O3. The minimum absolute atomic E-state index is 0.0669. The second-order valence-electron chi connectivity index (χ2n) is 7.36. The van der Waals surface area contributed by atoms with Gasteiger partial charge in [-0.2, -0.15) is 0 Å². The number of likely N-dealkylation sites (tertiary alicyclic amines) is 1. The molecular weight excluding hydrogens is 411 g/mol. The van der Waals surface area contributed by atoms with E-state index in [9.17, 15) is 22.8 Å². The fourth-order valence-electron chi connectivity index (χ4n) is 3.51. The number of nitrogens with one attached hydrogen (secondary N) is 2. The predicted octanol–water partition coefficient (Wildman–Crippen LogP) is 3.55. The maximum Gasteiger partial charge on any atom is 0.573 e. The van der Waals surface area contributed by atoms with Crippen molar-refractivity contribution in [1.82, 2.24) is 10.2 Å². The lowest BCUT2D eigenvalue weighted by molar-refractivity contribution is -0.274. The molecule has 0 bridgehead atoms. The van der Waals surface area contributed by atoms with E-state index in [0.29, 0.717) is 13.1 Å². The van der Waals surface area contributed by atoms with Gasteiger partial charge in [0.1, 0.15) is 5.75 Å². The third-order valence-corrected chi connectivity index (χ3v) is 4.96. The van der Waals surface area contributed by atoms with Crippen LogP contribution in [0.15, 0.2) is 54.6 Å². The number of ether oxygens (including phenoxy) is 1. The standard InChI is InChI=1S/C22H24F3N3O3/c23-22(24,25)31-19-11-5-4-7-16(19)13-26-20(29)15-28-12-6-8-17(14-28)21(30)27-18-9-2-1-3-10-18/h1-5,7,9-11,17H,6,8,12-15H2,(H,26,29)(H,27,30)/t17-/m1/s1. The van der Waals surface area contributed by atoms with Crippen molar-refractivity contribution >= 4 is 17.5 Å². The van der Waals surface area contributed by atoms with Gasteiger partial charge in [0.25, 0.3) is 0 Å². The fourth-order valence-corrected chi connectivity index (χ4v) is 3.51. The average Bonchev–Trinajstić information content (AvgIpc) is 2.73. The molecule has 2 N–H and O–H groups in total. The maximum atomic E-state index is 12.5. The number of alkyl halides is 3. The highest BCUT2D eigenvalue weighted by Crippen LogP contribution is 2.26. The van der Waals surface area contributed by atoms with Crippen LogP contribution in [0.5, 0.6) is 5.75 Å². The third-order valence-electron chi connectivity index (χ3n) is 4.96. The summed E-state index contributed by atoms with van der Waals surface area (Å²) < 4.78 is 41.6. The Morgan fingerprint density at radius 1 is 1.06 bits per heavy atom. The molecule has 0 unspecified atom stereocenters. The molecule has 3 rings (SSSR count). The molecule has 2 aromatic rings. The molecule has 1 heterocycles. The lowest BCUT2D eigenvalue weighted by atomic mass is 9.97. The zero-order chi connectivity index (χ0) is 22.3. The van der Waals surface area contributed by atoms with E-state index < -0.39 is 6.36 Å². The molecule has 1 aliphatic heterocycles. The number of anilines is 1. The Morgan fingerprint density at radius 2 is 1.77 bits per heavy atom. The number of carbonyl (C=O) groups excluding carboxylic acids is 2. The number of rotatable bonds is 7. The molecule has 2 aromatic carbocycles. The van der Waals surface area contributed by atoms with Crippen molar-refractivity contribution in [1.29, 1.82) is 0 Å². The van der Waals surface area contributed by atoms with Crippen LogP contribution in [0.4, 0.5) is 18.9 Å². The van der Waals surface area contributed by atoms with E-state index in [4.69, 9.17) is 0 Å². The number of para-hydroxylation sites is 2. The highest BCUT2D eigenvalue weighted by molar-refractivity contribution is 5.92. The molecule has 1 aliphatic rings. The van der Waals surface area contributed by atoms with Crippen LogP contribution in [-0.4, -0.2) is 42.7 Å². The van der Waals surface area contributed by atoms with Crippen molar-refractivity contribution < 1.29 is 27.5 Å².